The summed E-state index contributed by atoms with van der Waals surface area (Å²) in [6, 6.07) is 11.5. The molecule has 0 spiro atoms. The third-order valence-corrected chi connectivity index (χ3v) is 3.35. The van der Waals surface area contributed by atoms with Crippen LogP contribution >= 0.6 is 0 Å². The minimum absolute atomic E-state index is 0.104. The van der Waals surface area contributed by atoms with Gasteiger partial charge in [-0.15, -0.1) is 0 Å². The van der Waals surface area contributed by atoms with Crippen LogP contribution in [0.3, 0.4) is 0 Å². The number of carbonyl (C=O) groups is 1. The van der Waals surface area contributed by atoms with E-state index >= 15 is 0 Å². The molecule has 1 amide bonds. The predicted molar refractivity (Wildman–Crippen MR) is 72.6 cm³/mol. The van der Waals surface area contributed by atoms with E-state index in [4.69, 9.17) is 5.73 Å². The molecule has 0 aliphatic carbocycles. The summed E-state index contributed by atoms with van der Waals surface area (Å²) in [5.41, 5.74) is 8.36. The van der Waals surface area contributed by atoms with E-state index in [-0.39, 0.29) is 11.5 Å². The number of hydrogen-bond acceptors (Lipinski definition) is 2. The number of fused-ring (bicyclic) bond motifs is 1. The minimum Gasteiger partial charge on any atom is -0.399 e. The number of benzene rings is 2. The van der Waals surface area contributed by atoms with Crippen LogP contribution < -0.4 is 10.6 Å². The van der Waals surface area contributed by atoms with E-state index in [1.807, 2.05) is 12.1 Å². The summed E-state index contributed by atoms with van der Waals surface area (Å²) in [6.45, 7) is 0.561. The molecule has 96 valence electrons. The van der Waals surface area contributed by atoms with Crippen LogP contribution in [0, 0.1) is 5.82 Å². The second-order valence-corrected chi connectivity index (χ2v) is 4.57. The smallest absolute Gasteiger partial charge is 0.261 e. The van der Waals surface area contributed by atoms with Crippen LogP contribution in [0.1, 0.15) is 15.9 Å². The van der Waals surface area contributed by atoms with Crippen LogP contribution in [0.5, 0.6) is 0 Å². The monoisotopic (exact) mass is 256 g/mol. The summed E-state index contributed by atoms with van der Waals surface area (Å²) < 4.78 is 13.7. The van der Waals surface area contributed by atoms with Gasteiger partial charge in [0.15, 0.2) is 0 Å². The third-order valence-electron chi connectivity index (χ3n) is 3.35. The molecule has 1 aliphatic heterocycles. The Morgan fingerprint density at radius 2 is 2.00 bits per heavy atom. The van der Waals surface area contributed by atoms with Gasteiger partial charge in [0.1, 0.15) is 5.82 Å². The summed E-state index contributed by atoms with van der Waals surface area (Å²) in [4.78, 5) is 14.0. The molecule has 0 saturated heterocycles. The molecular weight excluding hydrogens is 243 g/mol. The second-order valence-electron chi connectivity index (χ2n) is 4.57. The fraction of sp³-hybridized carbons (Fsp3) is 0.133. The molecule has 0 radical (unpaired) electrons. The Kier molecular flexibility index (Phi) is 2.71. The van der Waals surface area contributed by atoms with Crippen molar-refractivity contribution in [3.05, 3.63) is 59.4 Å². The largest absolute Gasteiger partial charge is 0.399 e. The highest BCUT2D eigenvalue weighted by Gasteiger charge is 2.26. The number of halogens is 1. The molecule has 3 nitrogen and oxygen atoms in total. The Bertz CT molecular complexity index is 654. The van der Waals surface area contributed by atoms with Crippen LogP contribution in [0.15, 0.2) is 42.5 Å². The lowest BCUT2D eigenvalue weighted by Crippen LogP contribution is -2.29. The van der Waals surface area contributed by atoms with Crippen molar-refractivity contribution in [2.24, 2.45) is 0 Å². The van der Waals surface area contributed by atoms with Crippen molar-refractivity contribution in [3.63, 3.8) is 0 Å². The average molecular weight is 256 g/mol. The molecule has 0 unspecified atom stereocenters. The molecule has 0 atom stereocenters. The lowest BCUT2D eigenvalue weighted by molar-refractivity contribution is 0.0985. The average Bonchev–Trinajstić information content (AvgIpc) is 2.81. The van der Waals surface area contributed by atoms with Gasteiger partial charge < -0.3 is 10.6 Å². The normalized spacial score (nSPS) is 13.4. The molecule has 0 aromatic heterocycles. The first-order valence-electron chi connectivity index (χ1n) is 6.11. The first-order valence-corrected chi connectivity index (χ1v) is 6.11. The molecule has 2 aromatic carbocycles. The molecule has 0 fully saturated rings. The van der Waals surface area contributed by atoms with Crippen molar-refractivity contribution in [1.29, 1.82) is 0 Å². The van der Waals surface area contributed by atoms with Crippen molar-refractivity contribution >= 4 is 17.3 Å². The molecular formula is C15H13FN2O. The quantitative estimate of drug-likeness (QED) is 0.797. The Morgan fingerprint density at radius 3 is 2.79 bits per heavy atom. The van der Waals surface area contributed by atoms with E-state index in [0.29, 0.717) is 12.2 Å². The van der Waals surface area contributed by atoms with Gasteiger partial charge in [0, 0.05) is 17.9 Å². The van der Waals surface area contributed by atoms with E-state index in [2.05, 4.69) is 0 Å². The lowest BCUT2D eigenvalue weighted by Gasteiger charge is -2.17. The minimum atomic E-state index is -0.489. The van der Waals surface area contributed by atoms with Crippen molar-refractivity contribution in [1.82, 2.24) is 0 Å². The molecule has 19 heavy (non-hydrogen) atoms. The first-order chi connectivity index (χ1) is 9.16. The van der Waals surface area contributed by atoms with E-state index in [1.54, 1.807) is 23.1 Å². The standard InChI is InChI=1S/C15H13FN2O/c16-13-4-2-1-3-12(13)15(19)18-8-7-10-9-11(17)5-6-14(10)18/h1-6,9H,7-8,17H2. The predicted octanol–water partition coefficient (Wildman–Crippen LogP) is 2.61. The van der Waals surface area contributed by atoms with Gasteiger partial charge in [0.25, 0.3) is 5.91 Å². The van der Waals surface area contributed by atoms with Gasteiger partial charge in [-0.05, 0) is 42.3 Å². The fourth-order valence-electron chi connectivity index (χ4n) is 2.41. The van der Waals surface area contributed by atoms with Gasteiger partial charge in [-0.25, -0.2) is 4.39 Å². The number of carbonyl (C=O) groups excluding carboxylic acids is 1. The maximum atomic E-state index is 13.7. The van der Waals surface area contributed by atoms with Crippen molar-refractivity contribution in [3.8, 4) is 0 Å². The number of hydrogen-bond donors (Lipinski definition) is 1. The van der Waals surface area contributed by atoms with Crippen LogP contribution in [0.2, 0.25) is 0 Å². The summed E-state index contributed by atoms with van der Waals surface area (Å²) >= 11 is 0. The molecule has 2 N–H and O–H groups in total. The zero-order valence-electron chi connectivity index (χ0n) is 10.3. The van der Waals surface area contributed by atoms with Gasteiger partial charge in [0.2, 0.25) is 0 Å². The number of rotatable bonds is 1. The number of nitrogens with zero attached hydrogens (tertiary/aromatic N) is 1. The first kappa shape index (κ1) is 11.7. The summed E-state index contributed by atoms with van der Waals surface area (Å²) in [5, 5.41) is 0. The van der Waals surface area contributed by atoms with E-state index in [0.717, 1.165) is 17.7 Å². The number of nitrogen functional groups attached to an aromatic ring is 1. The summed E-state index contributed by atoms with van der Waals surface area (Å²) in [7, 11) is 0. The Balaban J connectivity index is 1.98. The molecule has 1 aliphatic rings. The third kappa shape index (κ3) is 1.95. The maximum absolute atomic E-state index is 13.7. The Hall–Kier alpha value is -2.36. The van der Waals surface area contributed by atoms with Gasteiger partial charge >= 0.3 is 0 Å². The molecule has 1 heterocycles. The van der Waals surface area contributed by atoms with E-state index in [9.17, 15) is 9.18 Å². The van der Waals surface area contributed by atoms with Gasteiger partial charge in [-0.3, -0.25) is 4.79 Å². The molecule has 4 heteroatoms. The van der Waals surface area contributed by atoms with Crippen molar-refractivity contribution < 1.29 is 9.18 Å². The Morgan fingerprint density at radius 1 is 1.21 bits per heavy atom. The highest BCUT2D eigenvalue weighted by Crippen LogP contribution is 2.31. The topological polar surface area (TPSA) is 46.3 Å². The zero-order valence-corrected chi connectivity index (χ0v) is 10.3. The van der Waals surface area contributed by atoms with Crippen LogP contribution in [-0.4, -0.2) is 12.5 Å². The molecule has 0 bridgehead atoms. The number of anilines is 2. The van der Waals surface area contributed by atoms with Gasteiger partial charge in [-0.2, -0.15) is 0 Å². The second kappa shape index (κ2) is 4.39. The summed E-state index contributed by atoms with van der Waals surface area (Å²) in [5.74, 6) is -0.794. The van der Waals surface area contributed by atoms with Crippen molar-refractivity contribution in [2.45, 2.75) is 6.42 Å². The SMILES string of the molecule is Nc1ccc2c(c1)CCN2C(=O)c1ccccc1F. The lowest BCUT2D eigenvalue weighted by atomic mass is 10.1. The zero-order chi connectivity index (χ0) is 13.4. The maximum Gasteiger partial charge on any atom is 0.261 e. The van der Waals surface area contributed by atoms with Crippen LogP contribution in [0.25, 0.3) is 0 Å². The fourth-order valence-corrected chi connectivity index (χ4v) is 2.41. The highest BCUT2D eigenvalue weighted by molar-refractivity contribution is 6.07. The van der Waals surface area contributed by atoms with E-state index < -0.39 is 5.82 Å². The van der Waals surface area contributed by atoms with Crippen LogP contribution in [0.4, 0.5) is 15.8 Å². The molecule has 2 aromatic rings. The van der Waals surface area contributed by atoms with Crippen LogP contribution in [-0.2, 0) is 6.42 Å². The number of nitrogens with two attached hydrogens (primary N) is 1. The van der Waals surface area contributed by atoms with Crippen molar-refractivity contribution in [2.75, 3.05) is 17.2 Å². The Labute approximate surface area is 110 Å². The summed E-state index contributed by atoms with van der Waals surface area (Å²) in [6.07, 6.45) is 0.751. The highest BCUT2D eigenvalue weighted by atomic mass is 19.1. The molecule has 3 rings (SSSR count). The van der Waals surface area contributed by atoms with E-state index in [1.165, 1.54) is 12.1 Å². The molecule has 0 saturated carbocycles. The number of amides is 1. The van der Waals surface area contributed by atoms with Gasteiger partial charge in [-0.1, -0.05) is 12.1 Å². The van der Waals surface area contributed by atoms with Gasteiger partial charge in [0.05, 0.1) is 5.56 Å².